The third-order valence-electron chi connectivity index (χ3n) is 11.6. The van der Waals surface area contributed by atoms with Crippen molar-refractivity contribution in [2.45, 2.75) is 24.7 Å². The molecular formula is C49H33N3O. The molecule has 3 aliphatic rings. The van der Waals surface area contributed by atoms with E-state index in [2.05, 4.69) is 117 Å². The molecule has 0 saturated carbocycles. The van der Waals surface area contributed by atoms with Gasteiger partial charge in [-0.3, -0.25) is 0 Å². The van der Waals surface area contributed by atoms with E-state index in [4.69, 9.17) is 19.7 Å². The normalized spacial score (nSPS) is 14.7. The van der Waals surface area contributed by atoms with Crippen LogP contribution < -0.4 is 4.74 Å². The summed E-state index contributed by atoms with van der Waals surface area (Å²) in [6.07, 6.45) is 0. The number of fused-ring (bicyclic) bond motifs is 12. The Morgan fingerprint density at radius 3 is 1.49 bits per heavy atom. The highest BCUT2D eigenvalue weighted by atomic mass is 16.5. The van der Waals surface area contributed by atoms with E-state index in [0.717, 1.165) is 28.2 Å². The number of hydrogen-bond acceptors (Lipinski definition) is 4. The highest BCUT2D eigenvalue weighted by Gasteiger charge is 2.52. The summed E-state index contributed by atoms with van der Waals surface area (Å²) in [5.74, 6) is 3.77. The van der Waals surface area contributed by atoms with Gasteiger partial charge < -0.3 is 4.74 Å². The Balaban J connectivity index is 1.15. The molecule has 1 aromatic heterocycles. The Hall–Kier alpha value is -6.65. The average Bonchev–Trinajstić information content (AvgIpc) is 3.63. The lowest BCUT2D eigenvalue weighted by molar-refractivity contribution is 0.435. The van der Waals surface area contributed by atoms with Crippen LogP contribution in [0.2, 0.25) is 0 Å². The van der Waals surface area contributed by atoms with E-state index in [9.17, 15) is 0 Å². The van der Waals surface area contributed by atoms with Gasteiger partial charge in [0.25, 0.3) is 0 Å². The third kappa shape index (κ3) is 4.15. The minimum atomic E-state index is -0.527. The summed E-state index contributed by atoms with van der Waals surface area (Å²) in [6, 6.07) is 58.1. The van der Waals surface area contributed by atoms with Crippen LogP contribution in [0.15, 0.2) is 164 Å². The summed E-state index contributed by atoms with van der Waals surface area (Å²) < 4.78 is 6.89. The maximum absolute atomic E-state index is 6.89. The van der Waals surface area contributed by atoms with E-state index in [1.807, 2.05) is 60.7 Å². The molecule has 0 radical (unpaired) electrons. The van der Waals surface area contributed by atoms with Gasteiger partial charge in [0, 0.05) is 33.2 Å². The molecule has 4 nitrogen and oxygen atoms in total. The molecule has 2 heterocycles. The molecule has 0 atom stereocenters. The number of aromatic nitrogens is 3. The number of ether oxygens (including phenoxy) is 1. The molecule has 8 aromatic rings. The molecule has 53 heavy (non-hydrogen) atoms. The molecule has 0 amide bonds. The van der Waals surface area contributed by atoms with Crippen LogP contribution in [0.4, 0.5) is 0 Å². The van der Waals surface area contributed by atoms with Gasteiger partial charge in [-0.15, -0.1) is 0 Å². The molecule has 4 heteroatoms. The lowest BCUT2D eigenvalue weighted by Gasteiger charge is -2.40. The standard InChI is InChI=1S/C49H33N3O/c1-48(2)37-26-25-32(47-51-45(30-15-5-3-6-16-30)50-46(52-47)31-17-7-4-8-18-31)27-35(37)36-28-42-44(29-41(36)48)53-43-24-14-13-23-40(43)49(42)38-21-11-9-19-33(38)34-20-10-12-22-39(34)49/h3-29H,1-2H3. The lowest BCUT2D eigenvalue weighted by Crippen LogP contribution is -2.32. The quantitative estimate of drug-likeness (QED) is 0.186. The molecule has 0 unspecified atom stereocenters. The highest BCUT2D eigenvalue weighted by Crippen LogP contribution is 2.64. The van der Waals surface area contributed by atoms with E-state index in [0.29, 0.717) is 17.5 Å². The molecule has 7 aromatic carbocycles. The van der Waals surface area contributed by atoms with Crippen LogP contribution in [0.1, 0.15) is 47.2 Å². The van der Waals surface area contributed by atoms with Crippen LogP contribution in [-0.4, -0.2) is 15.0 Å². The second kappa shape index (κ2) is 10.9. The predicted molar refractivity (Wildman–Crippen MR) is 211 cm³/mol. The van der Waals surface area contributed by atoms with Gasteiger partial charge in [0.2, 0.25) is 0 Å². The lowest BCUT2D eigenvalue weighted by atomic mass is 9.65. The fourth-order valence-electron chi connectivity index (χ4n) is 9.18. The van der Waals surface area contributed by atoms with E-state index in [1.165, 1.54) is 55.6 Å². The molecule has 0 saturated heterocycles. The zero-order valence-corrected chi connectivity index (χ0v) is 29.3. The Kier molecular flexibility index (Phi) is 6.19. The van der Waals surface area contributed by atoms with Crippen LogP contribution in [0.5, 0.6) is 11.5 Å². The Bertz CT molecular complexity index is 2680. The highest BCUT2D eigenvalue weighted by molar-refractivity contribution is 5.91. The zero-order chi connectivity index (χ0) is 35.3. The minimum absolute atomic E-state index is 0.249. The first-order valence-electron chi connectivity index (χ1n) is 18.2. The van der Waals surface area contributed by atoms with Gasteiger partial charge in [-0.1, -0.05) is 153 Å². The van der Waals surface area contributed by atoms with Crippen LogP contribution in [-0.2, 0) is 10.8 Å². The van der Waals surface area contributed by atoms with Gasteiger partial charge in [0.1, 0.15) is 11.5 Å². The van der Waals surface area contributed by atoms with Crippen LogP contribution >= 0.6 is 0 Å². The number of nitrogens with zero attached hydrogens (tertiary/aromatic N) is 3. The molecule has 11 rings (SSSR count). The molecule has 0 bridgehead atoms. The Morgan fingerprint density at radius 1 is 0.358 bits per heavy atom. The van der Waals surface area contributed by atoms with Gasteiger partial charge in [-0.05, 0) is 68.8 Å². The molecule has 1 spiro atoms. The average molecular weight is 680 g/mol. The largest absolute Gasteiger partial charge is 0.457 e. The van der Waals surface area contributed by atoms with Crippen LogP contribution in [0.25, 0.3) is 56.4 Å². The topological polar surface area (TPSA) is 47.9 Å². The summed E-state index contributed by atoms with van der Waals surface area (Å²) in [4.78, 5) is 15.1. The monoisotopic (exact) mass is 679 g/mol. The summed E-state index contributed by atoms with van der Waals surface area (Å²) >= 11 is 0. The van der Waals surface area contributed by atoms with Crippen molar-refractivity contribution in [3.63, 3.8) is 0 Å². The summed E-state index contributed by atoms with van der Waals surface area (Å²) in [5.41, 5.74) is 14.5. The smallest absolute Gasteiger partial charge is 0.164 e. The second-order valence-electron chi connectivity index (χ2n) is 14.8. The van der Waals surface area contributed by atoms with E-state index >= 15 is 0 Å². The predicted octanol–water partition coefficient (Wildman–Crippen LogP) is 11.6. The Morgan fingerprint density at radius 2 is 0.868 bits per heavy atom. The number of hydrogen-bond donors (Lipinski definition) is 0. The van der Waals surface area contributed by atoms with E-state index in [-0.39, 0.29) is 5.41 Å². The number of para-hydroxylation sites is 1. The van der Waals surface area contributed by atoms with Crippen molar-refractivity contribution in [1.29, 1.82) is 0 Å². The van der Waals surface area contributed by atoms with Gasteiger partial charge in [0.05, 0.1) is 5.41 Å². The van der Waals surface area contributed by atoms with Gasteiger partial charge in [0.15, 0.2) is 17.5 Å². The molecular weight excluding hydrogens is 647 g/mol. The van der Waals surface area contributed by atoms with Crippen molar-refractivity contribution in [3.8, 4) is 67.9 Å². The maximum Gasteiger partial charge on any atom is 0.164 e. The van der Waals surface area contributed by atoms with Crippen molar-refractivity contribution in [3.05, 3.63) is 197 Å². The van der Waals surface area contributed by atoms with Gasteiger partial charge in [-0.25, -0.2) is 15.0 Å². The van der Waals surface area contributed by atoms with Crippen molar-refractivity contribution in [2.75, 3.05) is 0 Å². The Labute approximate surface area is 308 Å². The second-order valence-corrected chi connectivity index (χ2v) is 14.8. The SMILES string of the molecule is CC1(C)c2ccc(-c3nc(-c4ccccc4)nc(-c4ccccc4)n3)cc2-c2cc3c(cc21)Oc1ccccc1C31c2ccccc2-c2ccccc21. The third-order valence-corrected chi connectivity index (χ3v) is 11.6. The van der Waals surface area contributed by atoms with E-state index < -0.39 is 5.41 Å². The van der Waals surface area contributed by atoms with Crippen molar-refractivity contribution >= 4 is 0 Å². The molecule has 0 N–H and O–H groups in total. The fraction of sp³-hybridized carbons (Fsp3) is 0.0816. The molecule has 0 fully saturated rings. The van der Waals surface area contributed by atoms with Crippen molar-refractivity contribution in [1.82, 2.24) is 15.0 Å². The maximum atomic E-state index is 6.89. The fourth-order valence-corrected chi connectivity index (χ4v) is 9.18. The van der Waals surface area contributed by atoms with Gasteiger partial charge in [-0.2, -0.15) is 0 Å². The summed E-state index contributed by atoms with van der Waals surface area (Å²) in [5, 5.41) is 0. The zero-order valence-electron chi connectivity index (χ0n) is 29.3. The van der Waals surface area contributed by atoms with Crippen molar-refractivity contribution in [2.24, 2.45) is 0 Å². The van der Waals surface area contributed by atoms with E-state index in [1.54, 1.807) is 0 Å². The first kappa shape index (κ1) is 30.0. The summed E-state index contributed by atoms with van der Waals surface area (Å²) in [6.45, 7) is 4.64. The first-order valence-corrected chi connectivity index (χ1v) is 18.2. The molecule has 1 aliphatic heterocycles. The minimum Gasteiger partial charge on any atom is -0.457 e. The molecule has 250 valence electrons. The van der Waals surface area contributed by atoms with Crippen LogP contribution in [0, 0.1) is 0 Å². The molecule has 2 aliphatic carbocycles. The number of rotatable bonds is 3. The first-order chi connectivity index (χ1) is 26.0. The van der Waals surface area contributed by atoms with Crippen LogP contribution in [0.3, 0.4) is 0 Å². The summed E-state index contributed by atoms with van der Waals surface area (Å²) in [7, 11) is 0. The number of benzene rings is 7. The van der Waals surface area contributed by atoms with Gasteiger partial charge >= 0.3 is 0 Å². The van der Waals surface area contributed by atoms with Crippen molar-refractivity contribution < 1.29 is 4.74 Å².